The molecule has 9 aromatic carbocycles. The molecule has 0 bridgehead atoms. The molecule has 1 aliphatic carbocycles. The predicted molar refractivity (Wildman–Crippen MR) is 241 cm³/mol. The highest BCUT2D eigenvalue weighted by atomic mass is 15.1. The van der Waals surface area contributed by atoms with Crippen molar-refractivity contribution in [3.63, 3.8) is 0 Å². The third-order valence-electron chi connectivity index (χ3n) is 12.2. The van der Waals surface area contributed by atoms with Crippen LogP contribution in [0.1, 0.15) is 25.0 Å². The van der Waals surface area contributed by atoms with Crippen molar-refractivity contribution in [2.75, 3.05) is 4.90 Å². The maximum absolute atomic E-state index is 2.41. The summed E-state index contributed by atoms with van der Waals surface area (Å²) in [6.07, 6.45) is 0. The van der Waals surface area contributed by atoms with Crippen LogP contribution in [-0.2, 0) is 5.41 Å². The van der Waals surface area contributed by atoms with E-state index in [-0.39, 0.29) is 5.41 Å². The molecule has 0 amide bonds. The fraction of sp³-hybridized carbons (Fsp3) is 0.0545. The van der Waals surface area contributed by atoms with Crippen molar-refractivity contribution in [3.8, 4) is 39.1 Å². The van der Waals surface area contributed by atoms with Crippen molar-refractivity contribution in [2.45, 2.75) is 19.3 Å². The Balaban J connectivity index is 0.993. The first kappa shape index (κ1) is 33.2. The van der Waals surface area contributed by atoms with Crippen molar-refractivity contribution < 1.29 is 0 Å². The maximum atomic E-state index is 2.41. The molecule has 2 heteroatoms. The van der Waals surface area contributed by atoms with Gasteiger partial charge in [0.2, 0.25) is 0 Å². The van der Waals surface area contributed by atoms with Gasteiger partial charge in [-0.15, -0.1) is 0 Å². The van der Waals surface area contributed by atoms with Gasteiger partial charge in [0.15, 0.2) is 0 Å². The Kier molecular flexibility index (Phi) is 7.55. The SMILES string of the molecule is CC1(C)c2ccccc2-c2ccc(N(c3ccc(-c4ccc5c(c4)c4ccccc4n5-c4ccc(-c5ccccc5)cc4)cc3)c3ccc4ccccc4c3)cc21. The van der Waals surface area contributed by atoms with Crippen LogP contribution in [0, 0.1) is 0 Å². The molecule has 0 saturated heterocycles. The highest BCUT2D eigenvalue weighted by molar-refractivity contribution is 6.10. The third-order valence-corrected chi connectivity index (χ3v) is 12.2. The molecule has 0 fully saturated rings. The zero-order chi connectivity index (χ0) is 38.1. The zero-order valence-corrected chi connectivity index (χ0v) is 32.0. The minimum absolute atomic E-state index is 0.0891. The van der Waals surface area contributed by atoms with Gasteiger partial charge in [0, 0.05) is 38.9 Å². The minimum atomic E-state index is -0.0891. The fourth-order valence-corrected chi connectivity index (χ4v) is 9.26. The van der Waals surface area contributed by atoms with Gasteiger partial charge < -0.3 is 9.47 Å². The van der Waals surface area contributed by atoms with E-state index in [1.807, 2.05) is 0 Å². The predicted octanol–water partition coefficient (Wildman–Crippen LogP) is 15.0. The topological polar surface area (TPSA) is 8.17 Å². The zero-order valence-electron chi connectivity index (χ0n) is 32.0. The highest BCUT2D eigenvalue weighted by Gasteiger charge is 2.35. The summed E-state index contributed by atoms with van der Waals surface area (Å²) in [4.78, 5) is 2.41. The number of benzene rings is 9. The molecule has 0 aliphatic heterocycles. The van der Waals surface area contributed by atoms with Crippen molar-refractivity contribution in [2.24, 2.45) is 0 Å². The standard InChI is InChI=1S/C55H40N2/c1-55(2)51-18-10-8-16-47(51)48-32-31-46(36-52(48)55)56(45-30-24-38-14-6-7-15-41(38)34-45)43-26-22-40(23-27-43)42-25-33-54-50(35-42)49-17-9-11-19-53(49)57(54)44-28-20-39(21-29-44)37-12-4-3-5-13-37/h3-36H,1-2H3. The van der Waals surface area contributed by atoms with Crippen LogP contribution in [0.2, 0.25) is 0 Å². The van der Waals surface area contributed by atoms with Crippen LogP contribution in [0.4, 0.5) is 17.1 Å². The van der Waals surface area contributed by atoms with Crippen LogP contribution in [-0.4, -0.2) is 4.57 Å². The van der Waals surface area contributed by atoms with Gasteiger partial charge in [-0.2, -0.15) is 0 Å². The molecule has 0 radical (unpaired) electrons. The first-order valence-corrected chi connectivity index (χ1v) is 19.8. The molecule has 270 valence electrons. The molecule has 1 aliphatic rings. The monoisotopic (exact) mass is 728 g/mol. The van der Waals surface area contributed by atoms with E-state index in [9.17, 15) is 0 Å². The first-order chi connectivity index (χ1) is 28.0. The lowest BCUT2D eigenvalue weighted by Crippen LogP contribution is -2.16. The van der Waals surface area contributed by atoms with E-state index in [1.54, 1.807) is 0 Å². The Morgan fingerprint density at radius 1 is 0.368 bits per heavy atom. The van der Waals surface area contributed by atoms with E-state index in [1.165, 1.54) is 77.1 Å². The lowest BCUT2D eigenvalue weighted by atomic mass is 9.82. The van der Waals surface area contributed by atoms with Crippen LogP contribution in [0.5, 0.6) is 0 Å². The summed E-state index contributed by atoms with van der Waals surface area (Å²) in [6, 6.07) is 75.6. The lowest BCUT2D eigenvalue weighted by molar-refractivity contribution is 0.660. The molecule has 0 unspecified atom stereocenters. The summed E-state index contributed by atoms with van der Waals surface area (Å²) in [5.74, 6) is 0. The van der Waals surface area contributed by atoms with Crippen LogP contribution < -0.4 is 4.90 Å². The molecule has 1 heterocycles. The Morgan fingerprint density at radius 3 is 1.79 bits per heavy atom. The van der Waals surface area contributed by atoms with Gasteiger partial charge in [-0.25, -0.2) is 0 Å². The average molecular weight is 729 g/mol. The number of hydrogen-bond donors (Lipinski definition) is 0. The van der Waals surface area contributed by atoms with Gasteiger partial charge in [-0.1, -0.05) is 153 Å². The molecular formula is C55H40N2. The molecule has 11 rings (SSSR count). The van der Waals surface area contributed by atoms with E-state index in [0.717, 1.165) is 22.7 Å². The Morgan fingerprint density at radius 2 is 0.947 bits per heavy atom. The fourth-order valence-electron chi connectivity index (χ4n) is 9.26. The first-order valence-electron chi connectivity index (χ1n) is 19.8. The molecule has 2 nitrogen and oxygen atoms in total. The molecule has 0 saturated carbocycles. The second-order valence-electron chi connectivity index (χ2n) is 15.8. The highest BCUT2D eigenvalue weighted by Crippen LogP contribution is 2.51. The second kappa shape index (κ2) is 13.0. The molecule has 0 spiro atoms. The normalized spacial score (nSPS) is 12.9. The summed E-state index contributed by atoms with van der Waals surface area (Å²) in [7, 11) is 0. The summed E-state index contributed by atoms with van der Waals surface area (Å²) in [6.45, 7) is 4.71. The largest absolute Gasteiger partial charge is 0.310 e. The van der Waals surface area contributed by atoms with E-state index in [4.69, 9.17) is 0 Å². The van der Waals surface area contributed by atoms with E-state index >= 15 is 0 Å². The van der Waals surface area contributed by atoms with Crippen molar-refractivity contribution in [1.82, 2.24) is 4.57 Å². The molecule has 0 N–H and O–H groups in total. The quantitative estimate of drug-likeness (QED) is 0.165. The van der Waals surface area contributed by atoms with Gasteiger partial charge in [-0.05, 0) is 122 Å². The number of hydrogen-bond acceptors (Lipinski definition) is 1. The van der Waals surface area contributed by atoms with Crippen LogP contribution >= 0.6 is 0 Å². The van der Waals surface area contributed by atoms with Gasteiger partial charge >= 0.3 is 0 Å². The number of anilines is 3. The molecule has 10 aromatic rings. The lowest BCUT2D eigenvalue weighted by Gasteiger charge is -2.28. The number of nitrogens with zero attached hydrogens (tertiary/aromatic N) is 2. The van der Waals surface area contributed by atoms with Crippen LogP contribution in [0.3, 0.4) is 0 Å². The van der Waals surface area contributed by atoms with Crippen molar-refractivity contribution in [1.29, 1.82) is 0 Å². The van der Waals surface area contributed by atoms with E-state index in [2.05, 4.69) is 230 Å². The average Bonchev–Trinajstić information content (AvgIpc) is 3.72. The van der Waals surface area contributed by atoms with E-state index < -0.39 is 0 Å². The number of para-hydroxylation sites is 1. The summed E-state index contributed by atoms with van der Waals surface area (Å²) < 4.78 is 2.39. The van der Waals surface area contributed by atoms with Crippen molar-refractivity contribution in [3.05, 3.63) is 217 Å². The second-order valence-corrected chi connectivity index (χ2v) is 15.8. The summed E-state index contributed by atoms with van der Waals surface area (Å²) in [5, 5.41) is 4.97. The smallest absolute Gasteiger partial charge is 0.0541 e. The van der Waals surface area contributed by atoms with Gasteiger partial charge in [0.25, 0.3) is 0 Å². The summed E-state index contributed by atoms with van der Waals surface area (Å²) >= 11 is 0. The molecule has 1 aromatic heterocycles. The van der Waals surface area contributed by atoms with Crippen molar-refractivity contribution >= 4 is 49.6 Å². The van der Waals surface area contributed by atoms with Gasteiger partial charge in [-0.3, -0.25) is 0 Å². The number of aromatic nitrogens is 1. The molecule has 0 atom stereocenters. The third kappa shape index (κ3) is 5.40. The van der Waals surface area contributed by atoms with Gasteiger partial charge in [0.05, 0.1) is 11.0 Å². The Labute approximate surface area is 333 Å². The minimum Gasteiger partial charge on any atom is -0.310 e. The Hall–Kier alpha value is -7.16. The van der Waals surface area contributed by atoms with Crippen LogP contribution in [0.15, 0.2) is 206 Å². The maximum Gasteiger partial charge on any atom is 0.0541 e. The molecular weight excluding hydrogens is 689 g/mol. The Bertz CT molecular complexity index is 3130. The molecule has 57 heavy (non-hydrogen) atoms. The summed E-state index contributed by atoms with van der Waals surface area (Å²) in [5.41, 5.74) is 17.2. The number of rotatable bonds is 6. The van der Waals surface area contributed by atoms with Crippen LogP contribution in [0.25, 0.3) is 71.6 Å². The van der Waals surface area contributed by atoms with E-state index in [0.29, 0.717) is 0 Å². The number of fused-ring (bicyclic) bond motifs is 7. The van der Waals surface area contributed by atoms with Gasteiger partial charge in [0.1, 0.15) is 0 Å².